The summed E-state index contributed by atoms with van der Waals surface area (Å²) in [7, 11) is 3.57. The molecule has 0 aliphatic rings. The minimum absolute atomic E-state index is 0.0342. The van der Waals surface area contributed by atoms with Crippen LogP contribution in [0.5, 0.6) is 0 Å². The van der Waals surface area contributed by atoms with Gasteiger partial charge in [-0.15, -0.1) is 0 Å². The van der Waals surface area contributed by atoms with Crippen LogP contribution in [-0.4, -0.2) is 37.4 Å². The Labute approximate surface area is 119 Å². The van der Waals surface area contributed by atoms with Gasteiger partial charge in [-0.3, -0.25) is 14.2 Å². The lowest BCUT2D eigenvalue weighted by Gasteiger charge is -2.17. The molecule has 20 heavy (non-hydrogen) atoms. The summed E-state index contributed by atoms with van der Waals surface area (Å²) in [5.74, 6) is -0.0342. The maximum Gasteiger partial charge on any atom is 0.272 e. The maximum atomic E-state index is 12.4. The first-order valence-electron chi connectivity index (χ1n) is 6.72. The molecule has 0 fully saturated rings. The van der Waals surface area contributed by atoms with Crippen molar-refractivity contribution < 1.29 is 4.79 Å². The van der Waals surface area contributed by atoms with Crippen LogP contribution in [0.3, 0.4) is 0 Å². The molecule has 0 spiro atoms. The van der Waals surface area contributed by atoms with E-state index in [1.165, 1.54) is 0 Å². The number of nitrogens with zero attached hydrogens (tertiary/aromatic N) is 5. The molecule has 0 aliphatic carbocycles. The second-order valence-corrected chi connectivity index (χ2v) is 4.97. The summed E-state index contributed by atoms with van der Waals surface area (Å²) in [6.45, 7) is 7.49. The Morgan fingerprint density at radius 3 is 2.60 bits per heavy atom. The van der Waals surface area contributed by atoms with Crippen molar-refractivity contribution in [3.8, 4) is 0 Å². The fraction of sp³-hybridized carbons (Fsp3) is 0.500. The summed E-state index contributed by atoms with van der Waals surface area (Å²) in [5.41, 5.74) is 3.80. The molecule has 0 aliphatic heterocycles. The molecule has 0 unspecified atom stereocenters. The van der Waals surface area contributed by atoms with Gasteiger partial charge >= 0.3 is 0 Å². The zero-order chi connectivity index (χ0) is 14.9. The predicted molar refractivity (Wildman–Crippen MR) is 76.4 cm³/mol. The van der Waals surface area contributed by atoms with E-state index >= 15 is 0 Å². The summed E-state index contributed by atoms with van der Waals surface area (Å²) in [4.78, 5) is 14.1. The summed E-state index contributed by atoms with van der Waals surface area (Å²) < 4.78 is 3.56. The number of carbonyl (C=O) groups is 1. The molecule has 108 valence electrons. The number of hydrogen-bond acceptors (Lipinski definition) is 3. The molecule has 0 saturated heterocycles. The smallest absolute Gasteiger partial charge is 0.272 e. The zero-order valence-electron chi connectivity index (χ0n) is 12.7. The first-order valence-corrected chi connectivity index (χ1v) is 6.72. The van der Waals surface area contributed by atoms with Gasteiger partial charge in [0.2, 0.25) is 0 Å². The minimum Gasteiger partial charge on any atom is -0.336 e. The normalized spacial score (nSPS) is 10.8. The number of carbonyl (C=O) groups excluding carboxylic acids is 1. The van der Waals surface area contributed by atoms with Gasteiger partial charge in [0.05, 0.1) is 5.69 Å². The first-order chi connectivity index (χ1) is 9.45. The molecule has 0 saturated carbocycles. The van der Waals surface area contributed by atoms with Gasteiger partial charge in [0.1, 0.15) is 5.69 Å². The van der Waals surface area contributed by atoms with E-state index in [9.17, 15) is 4.79 Å². The van der Waals surface area contributed by atoms with Crippen LogP contribution in [-0.2, 0) is 20.1 Å². The van der Waals surface area contributed by atoms with E-state index in [0.29, 0.717) is 12.2 Å². The molecule has 6 nitrogen and oxygen atoms in total. The molecule has 0 aromatic carbocycles. The molecule has 6 heteroatoms. The van der Waals surface area contributed by atoms with Crippen molar-refractivity contribution in [3.05, 3.63) is 34.9 Å². The number of hydrogen-bond donors (Lipinski definition) is 0. The van der Waals surface area contributed by atoms with Crippen molar-refractivity contribution in [2.45, 2.75) is 33.9 Å². The van der Waals surface area contributed by atoms with Crippen LogP contribution in [0.4, 0.5) is 0 Å². The van der Waals surface area contributed by atoms with Crippen molar-refractivity contribution >= 4 is 5.91 Å². The van der Waals surface area contributed by atoms with Gasteiger partial charge in [-0.2, -0.15) is 10.2 Å². The maximum absolute atomic E-state index is 12.4. The summed E-state index contributed by atoms with van der Waals surface area (Å²) in [6, 6.07) is 1.73. The highest BCUT2D eigenvalue weighted by Gasteiger charge is 2.19. The molecule has 2 aromatic rings. The molecular weight excluding hydrogens is 254 g/mol. The van der Waals surface area contributed by atoms with Crippen LogP contribution in [0.1, 0.15) is 34.4 Å². The Morgan fingerprint density at radius 2 is 2.10 bits per heavy atom. The SMILES string of the molecule is CCn1nc(C)c(CN(C)C(=O)c2ccnn2C)c1C. The Balaban J connectivity index is 2.20. The second-order valence-electron chi connectivity index (χ2n) is 4.97. The zero-order valence-corrected chi connectivity index (χ0v) is 12.7. The monoisotopic (exact) mass is 275 g/mol. The van der Waals surface area contributed by atoms with Crippen molar-refractivity contribution in [3.63, 3.8) is 0 Å². The van der Waals surface area contributed by atoms with Crippen LogP contribution in [0.15, 0.2) is 12.3 Å². The van der Waals surface area contributed by atoms with Gasteiger partial charge in [0.25, 0.3) is 5.91 Å². The number of amides is 1. The van der Waals surface area contributed by atoms with Crippen LogP contribution in [0, 0.1) is 13.8 Å². The lowest BCUT2D eigenvalue weighted by molar-refractivity contribution is 0.0774. The molecule has 0 atom stereocenters. The topological polar surface area (TPSA) is 56.0 Å². The molecule has 0 bridgehead atoms. The highest BCUT2D eigenvalue weighted by molar-refractivity contribution is 5.92. The van der Waals surface area contributed by atoms with E-state index < -0.39 is 0 Å². The van der Waals surface area contributed by atoms with Crippen LogP contribution >= 0.6 is 0 Å². The molecule has 2 aromatic heterocycles. The quantitative estimate of drug-likeness (QED) is 0.850. The van der Waals surface area contributed by atoms with Crippen molar-refractivity contribution in [1.29, 1.82) is 0 Å². The number of aromatic nitrogens is 4. The van der Waals surface area contributed by atoms with E-state index in [-0.39, 0.29) is 5.91 Å². The summed E-state index contributed by atoms with van der Waals surface area (Å²) >= 11 is 0. The van der Waals surface area contributed by atoms with Crippen molar-refractivity contribution in [1.82, 2.24) is 24.5 Å². The summed E-state index contributed by atoms with van der Waals surface area (Å²) in [6.07, 6.45) is 1.63. The number of aryl methyl sites for hydroxylation is 3. The largest absolute Gasteiger partial charge is 0.336 e. The third-order valence-electron chi connectivity index (χ3n) is 3.61. The van der Waals surface area contributed by atoms with Gasteiger partial charge in [0, 0.05) is 44.6 Å². The molecule has 2 rings (SSSR count). The fourth-order valence-corrected chi connectivity index (χ4v) is 2.36. The predicted octanol–water partition coefficient (Wildman–Crippen LogP) is 1.53. The van der Waals surface area contributed by atoms with E-state index in [2.05, 4.69) is 17.1 Å². The van der Waals surface area contributed by atoms with Gasteiger partial charge < -0.3 is 4.90 Å². The molecule has 0 N–H and O–H groups in total. The van der Waals surface area contributed by atoms with Gasteiger partial charge in [-0.25, -0.2) is 0 Å². The molecule has 1 amide bonds. The first kappa shape index (κ1) is 14.3. The lowest BCUT2D eigenvalue weighted by Crippen LogP contribution is -2.28. The standard InChI is InChI=1S/C14H21N5O/c1-6-19-11(3)12(10(2)16-19)9-17(4)14(20)13-7-8-15-18(13)5/h7-8H,6,9H2,1-5H3. The molecular formula is C14H21N5O. The van der Waals surface area contributed by atoms with E-state index in [4.69, 9.17) is 0 Å². The molecule has 0 radical (unpaired) electrons. The third-order valence-corrected chi connectivity index (χ3v) is 3.61. The van der Waals surface area contributed by atoms with Crippen LogP contribution in [0.2, 0.25) is 0 Å². The average Bonchev–Trinajstić information content (AvgIpc) is 2.95. The number of rotatable bonds is 4. The second kappa shape index (κ2) is 5.48. The van der Waals surface area contributed by atoms with Crippen molar-refractivity contribution in [2.75, 3.05) is 7.05 Å². The highest BCUT2D eigenvalue weighted by atomic mass is 16.2. The van der Waals surface area contributed by atoms with E-state index in [0.717, 1.165) is 23.5 Å². The molecule has 2 heterocycles. The van der Waals surface area contributed by atoms with E-state index in [1.54, 1.807) is 35.9 Å². The summed E-state index contributed by atoms with van der Waals surface area (Å²) in [5, 5.41) is 8.51. The highest BCUT2D eigenvalue weighted by Crippen LogP contribution is 2.16. The van der Waals surface area contributed by atoms with E-state index in [1.807, 2.05) is 18.5 Å². The van der Waals surface area contributed by atoms with Crippen LogP contribution < -0.4 is 0 Å². The Hall–Kier alpha value is -2.11. The van der Waals surface area contributed by atoms with Gasteiger partial charge in [0.15, 0.2) is 0 Å². The average molecular weight is 275 g/mol. The Kier molecular flexibility index (Phi) is 3.92. The van der Waals surface area contributed by atoms with Crippen molar-refractivity contribution in [2.24, 2.45) is 7.05 Å². The minimum atomic E-state index is -0.0342. The van der Waals surface area contributed by atoms with Gasteiger partial charge in [-0.1, -0.05) is 0 Å². The Morgan fingerprint density at radius 1 is 1.40 bits per heavy atom. The third kappa shape index (κ3) is 2.45. The Bertz CT molecular complexity index is 626. The fourth-order valence-electron chi connectivity index (χ4n) is 2.36. The van der Waals surface area contributed by atoms with Gasteiger partial charge in [-0.05, 0) is 26.8 Å². The van der Waals surface area contributed by atoms with Crippen LogP contribution in [0.25, 0.3) is 0 Å². The lowest BCUT2D eigenvalue weighted by atomic mass is 10.2.